The Bertz CT molecular complexity index is 1200. The monoisotopic (exact) mass is 514 g/mol. The van der Waals surface area contributed by atoms with Crippen molar-refractivity contribution in [3.05, 3.63) is 61.9 Å². The third-order valence-corrected chi connectivity index (χ3v) is 7.43. The second kappa shape index (κ2) is 8.56. The van der Waals surface area contributed by atoms with Gasteiger partial charge in [0.15, 0.2) is 18.0 Å². The first-order chi connectivity index (χ1) is 15.1. The van der Waals surface area contributed by atoms with Crippen LogP contribution in [0.4, 0.5) is 13.2 Å². The zero-order valence-electron chi connectivity index (χ0n) is 15.8. The van der Waals surface area contributed by atoms with Crippen LogP contribution in [0.2, 0.25) is 5.02 Å². The standard InChI is InChI=1S/C17H15ClF3N2O7PS/c18-9-5-23(16(26)22-13(9)25)14-11(19)12(24)17(29-14,15(20)21)7-28-31(32)27-6-8-3-1-2-4-10(8)30-31/h1-5,11-12,14-15,24H,6-7H2,(H,22,25,26)/t11-,12-,14+,17+,31?/m0/s1. The Morgan fingerprint density at radius 2 is 2.12 bits per heavy atom. The van der Waals surface area contributed by atoms with Crippen LogP contribution >= 0.6 is 18.3 Å². The van der Waals surface area contributed by atoms with Gasteiger partial charge in [-0.1, -0.05) is 29.8 Å². The molecule has 1 aromatic carbocycles. The van der Waals surface area contributed by atoms with Crippen molar-refractivity contribution in [2.75, 3.05) is 6.61 Å². The zero-order valence-corrected chi connectivity index (χ0v) is 18.3. The Kier molecular flexibility index (Phi) is 6.27. The first kappa shape index (κ1) is 23.4. The molecular weight excluding hydrogens is 500 g/mol. The third kappa shape index (κ3) is 4.03. The molecule has 9 nitrogen and oxygen atoms in total. The van der Waals surface area contributed by atoms with E-state index in [2.05, 4.69) is 0 Å². The van der Waals surface area contributed by atoms with E-state index in [1.54, 1.807) is 29.2 Å². The predicted molar refractivity (Wildman–Crippen MR) is 108 cm³/mol. The molecule has 0 bridgehead atoms. The summed E-state index contributed by atoms with van der Waals surface area (Å²) in [6, 6.07) is 6.71. The average Bonchev–Trinajstić information content (AvgIpc) is 3.01. The van der Waals surface area contributed by atoms with Gasteiger partial charge in [0.25, 0.3) is 12.0 Å². The lowest BCUT2D eigenvalue weighted by molar-refractivity contribution is -0.193. The van der Waals surface area contributed by atoms with Crippen LogP contribution in [-0.2, 0) is 32.2 Å². The molecule has 1 saturated heterocycles. The van der Waals surface area contributed by atoms with E-state index >= 15 is 0 Å². The van der Waals surface area contributed by atoms with Gasteiger partial charge in [0.2, 0.25) is 0 Å². The maximum Gasteiger partial charge on any atom is 0.381 e. The number of fused-ring (bicyclic) bond motifs is 1. The second-order valence-corrected chi connectivity index (χ2v) is 10.3. The molecular formula is C17H15ClF3N2O7PS. The first-order valence-corrected chi connectivity index (χ1v) is 12.0. The number of rotatable bonds is 5. The van der Waals surface area contributed by atoms with Gasteiger partial charge in [0, 0.05) is 23.6 Å². The molecule has 174 valence electrons. The van der Waals surface area contributed by atoms with Gasteiger partial charge in [-0.3, -0.25) is 23.4 Å². The maximum atomic E-state index is 14.9. The number of aromatic amines is 1. The summed E-state index contributed by atoms with van der Waals surface area (Å²) in [5, 5.41) is 9.80. The number of H-pyrrole nitrogens is 1. The number of alkyl halides is 3. The molecule has 2 N–H and O–H groups in total. The van der Waals surface area contributed by atoms with Crippen LogP contribution < -0.4 is 15.8 Å². The summed E-state index contributed by atoms with van der Waals surface area (Å²) < 4.78 is 64.8. The summed E-state index contributed by atoms with van der Waals surface area (Å²) in [6.45, 7) is -4.70. The summed E-state index contributed by atoms with van der Waals surface area (Å²) in [4.78, 5) is 25.3. The van der Waals surface area contributed by atoms with Gasteiger partial charge in [0.05, 0.1) is 13.2 Å². The Hall–Kier alpha value is -1.73. The van der Waals surface area contributed by atoms with Crippen molar-refractivity contribution in [2.24, 2.45) is 0 Å². The fourth-order valence-electron chi connectivity index (χ4n) is 3.26. The van der Waals surface area contributed by atoms with E-state index in [1.807, 2.05) is 0 Å². The molecule has 3 heterocycles. The minimum Gasteiger partial charge on any atom is -0.424 e. The number of benzene rings is 1. The normalized spacial score (nSPS) is 32.0. The summed E-state index contributed by atoms with van der Waals surface area (Å²) >= 11 is 10.8. The minimum absolute atomic E-state index is 0.00181. The molecule has 0 amide bonds. The van der Waals surface area contributed by atoms with E-state index < -0.39 is 60.1 Å². The molecule has 0 spiro atoms. The summed E-state index contributed by atoms with van der Waals surface area (Å²) in [5.74, 6) is 0.344. The average molecular weight is 515 g/mol. The lowest BCUT2D eigenvalue weighted by Gasteiger charge is -2.34. The fourth-order valence-corrected chi connectivity index (χ4v) is 5.22. The molecule has 2 aliphatic heterocycles. The number of hydrogen-bond donors (Lipinski definition) is 2. The molecule has 0 saturated carbocycles. The zero-order chi connectivity index (χ0) is 23.3. The molecule has 2 aromatic rings. The molecule has 0 radical (unpaired) electrons. The van der Waals surface area contributed by atoms with E-state index in [1.165, 1.54) is 0 Å². The van der Waals surface area contributed by atoms with Crippen molar-refractivity contribution in [1.82, 2.24) is 9.55 Å². The van der Waals surface area contributed by atoms with Crippen LogP contribution in [0.3, 0.4) is 0 Å². The number of aliphatic hydroxyl groups excluding tert-OH is 1. The summed E-state index contributed by atoms with van der Waals surface area (Å²) in [7, 11) is 0. The van der Waals surface area contributed by atoms with E-state index in [-0.39, 0.29) is 6.61 Å². The highest BCUT2D eigenvalue weighted by atomic mass is 35.5. The number of hydrogen-bond acceptors (Lipinski definition) is 8. The molecule has 5 atom stereocenters. The van der Waals surface area contributed by atoms with Crippen molar-refractivity contribution in [3.63, 3.8) is 0 Å². The van der Waals surface area contributed by atoms with Crippen LogP contribution in [0.25, 0.3) is 0 Å². The smallest absolute Gasteiger partial charge is 0.381 e. The van der Waals surface area contributed by atoms with E-state index in [0.717, 1.165) is 6.20 Å². The van der Waals surface area contributed by atoms with Crippen LogP contribution in [0, 0.1) is 0 Å². The Labute approximate surface area is 187 Å². The number of nitrogens with zero attached hydrogens (tertiary/aromatic N) is 1. The van der Waals surface area contributed by atoms with Crippen molar-refractivity contribution in [3.8, 4) is 5.75 Å². The lowest BCUT2D eigenvalue weighted by Crippen LogP contribution is -2.52. The van der Waals surface area contributed by atoms with E-state index in [0.29, 0.717) is 15.9 Å². The van der Waals surface area contributed by atoms with Gasteiger partial charge in [-0.2, -0.15) is 0 Å². The molecule has 2 aliphatic rings. The van der Waals surface area contributed by atoms with Gasteiger partial charge in [-0.25, -0.2) is 18.0 Å². The Morgan fingerprint density at radius 3 is 2.84 bits per heavy atom. The Balaban J connectivity index is 1.60. The van der Waals surface area contributed by atoms with Crippen LogP contribution in [0.15, 0.2) is 40.1 Å². The highest BCUT2D eigenvalue weighted by Crippen LogP contribution is 2.56. The van der Waals surface area contributed by atoms with E-state index in [9.17, 15) is 27.9 Å². The number of ether oxygens (including phenoxy) is 1. The number of para-hydroxylation sites is 1. The fraction of sp³-hybridized carbons (Fsp3) is 0.412. The lowest BCUT2D eigenvalue weighted by atomic mass is 9.97. The number of nitrogens with one attached hydrogen (secondary N) is 1. The first-order valence-electron chi connectivity index (χ1n) is 9.02. The number of aromatic nitrogens is 2. The number of aliphatic hydroxyl groups is 1. The summed E-state index contributed by atoms with van der Waals surface area (Å²) in [6.07, 6.45) is -9.70. The molecule has 1 aromatic heterocycles. The van der Waals surface area contributed by atoms with Crippen LogP contribution in [-0.4, -0.2) is 45.6 Å². The van der Waals surface area contributed by atoms with Crippen molar-refractivity contribution in [1.29, 1.82) is 0 Å². The minimum atomic E-state index is -3.59. The highest BCUT2D eigenvalue weighted by molar-refractivity contribution is 8.07. The predicted octanol–water partition coefficient (Wildman–Crippen LogP) is 2.27. The van der Waals surface area contributed by atoms with Crippen LogP contribution in [0.5, 0.6) is 5.75 Å². The largest absolute Gasteiger partial charge is 0.424 e. The van der Waals surface area contributed by atoms with Gasteiger partial charge < -0.3 is 14.4 Å². The molecule has 0 aliphatic carbocycles. The maximum absolute atomic E-state index is 14.9. The van der Waals surface area contributed by atoms with Gasteiger partial charge in [-0.15, -0.1) is 0 Å². The SMILES string of the molecule is O=c1[nH]c(=O)n([C@@H]2O[C@@](COP3(=S)OCc4ccccc4O3)(C(F)F)[C@@H](O)[C@@H]2F)cc1Cl. The van der Waals surface area contributed by atoms with Crippen molar-refractivity contribution >= 4 is 30.1 Å². The topological polar surface area (TPSA) is 112 Å². The number of halogens is 4. The summed E-state index contributed by atoms with van der Waals surface area (Å²) in [5.41, 5.74) is -4.39. The quantitative estimate of drug-likeness (QED) is 0.585. The van der Waals surface area contributed by atoms with Crippen molar-refractivity contribution in [2.45, 2.75) is 37.1 Å². The van der Waals surface area contributed by atoms with Gasteiger partial charge >= 0.3 is 12.4 Å². The highest BCUT2D eigenvalue weighted by Gasteiger charge is 2.62. The molecule has 15 heteroatoms. The van der Waals surface area contributed by atoms with Crippen molar-refractivity contribution < 1.29 is 36.6 Å². The third-order valence-electron chi connectivity index (χ3n) is 4.99. The van der Waals surface area contributed by atoms with Gasteiger partial charge in [0.1, 0.15) is 16.9 Å². The van der Waals surface area contributed by atoms with Crippen LogP contribution in [0.1, 0.15) is 11.8 Å². The van der Waals surface area contributed by atoms with Gasteiger partial charge in [-0.05, 0) is 6.07 Å². The van der Waals surface area contributed by atoms with E-state index in [4.69, 9.17) is 41.7 Å². The molecule has 1 fully saturated rings. The molecule has 4 rings (SSSR count). The second-order valence-electron chi connectivity index (χ2n) is 6.99. The molecule has 1 unspecified atom stereocenters. The Morgan fingerprint density at radius 1 is 1.41 bits per heavy atom. The molecule has 32 heavy (non-hydrogen) atoms.